The van der Waals surface area contributed by atoms with Gasteiger partial charge in [0.05, 0.1) is 18.4 Å². The summed E-state index contributed by atoms with van der Waals surface area (Å²) in [7, 11) is -3.44. The van der Waals surface area contributed by atoms with E-state index in [0.29, 0.717) is 12.0 Å². The molecule has 0 amide bonds. The van der Waals surface area contributed by atoms with Gasteiger partial charge in [-0.15, -0.1) is 11.3 Å². The first-order valence-corrected chi connectivity index (χ1v) is 10.5. The summed E-state index contributed by atoms with van der Waals surface area (Å²) in [6.07, 6.45) is 3.68. The summed E-state index contributed by atoms with van der Waals surface area (Å²) in [5.74, 6) is 0.340. The van der Waals surface area contributed by atoms with Gasteiger partial charge in [-0.2, -0.15) is 0 Å². The second-order valence-corrected chi connectivity index (χ2v) is 8.92. The minimum Gasteiger partial charge on any atom is -0.390 e. The molecule has 0 radical (unpaired) electrons. The molecule has 0 bridgehead atoms. The van der Waals surface area contributed by atoms with Crippen LogP contribution in [-0.4, -0.2) is 50.5 Å². The number of aliphatic hydroxyl groups is 1. The van der Waals surface area contributed by atoms with Gasteiger partial charge in [0, 0.05) is 12.6 Å². The molecular formula is C15H25N3O3S2. The van der Waals surface area contributed by atoms with Gasteiger partial charge in [-0.3, -0.25) is 4.99 Å². The van der Waals surface area contributed by atoms with Gasteiger partial charge in [-0.25, -0.2) is 8.42 Å². The van der Waals surface area contributed by atoms with Crippen molar-refractivity contribution in [3.05, 3.63) is 17.5 Å². The summed E-state index contributed by atoms with van der Waals surface area (Å²) in [5.41, 5.74) is 0. The predicted octanol–water partition coefficient (Wildman–Crippen LogP) is 1.38. The van der Waals surface area contributed by atoms with Crippen molar-refractivity contribution in [3.63, 3.8) is 0 Å². The molecule has 1 aromatic heterocycles. The third-order valence-electron chi connectivity index (χ3n) is 3.71. The van der Waals surface area contributed by atoms with Crippen LogP contribution in [0.15, 0.2) is 26.7 Å². The molecule has 1 aliphatic rings. The minimum atomic E-state index is -3.44. The monoisotopic (exact) mass is 359 g/mol. The first-order valence-electron chi connectivity index (χ1n) is 8.00. The van der Waals surface area contributed by atoms with Gasteiger partial charge in [0.2, 0.25) is 0 Å². The van der Waals surface area contributed by atoms with E-state index in [0.717, 1.165) is 19.4 Å². The first-order chi connectivity index (χ1) is 11.0. The molecular weight excluding hydrogens is 334 g/mol. The molecule has 0 aliphatic heterocycles. The van der Waals surface area contributed by atoms with Crippen molar-refractivity contribution in [2.24, 2.45) is 4.99 Å². The summed E-state index contributed by atoms with van der Waals surface area (Å²) in [6.45, 7) is 2.76. The Bertz CT molecular complexity index is 593. The predicted molar refractivity (Wildman–Crippen MR) is 93.7 cm³/mol. The van der Waals surface area contributed by atoms with E-state index >= 15 is 0 Å². The number of hydrogen-bond acceptors (Lipinski definition) is 5. The van der Waals surface area contributed by atoms with Gasteiger partial charge in [0.1, 0.15) is 4.21 Å². The quantitative estimate of drug-likeness (QED) is 0.505. The Morgan fingerprint density at radius 2 is 2.22 bits per heavy atom. The Hall–Kier alpha value is -1.12. The number of rotatable bonds is 7. The second-order valence-electron chi connectivity index (χ2n) is 5.71. The van der Waals surface area contributed by atoms with Crippen molar-refractivity contribution in [1.29, 1.82) is 0 Å². The smallest absolute Gasteiger partial charge is 0.191 e. The lowest BCUT2D eigenvalue weighted by atomic mass is 10.2. The van der Waals surface area contributed by atoms with Crippen LogP contribution in [-0.2, 0) is 9.84 Å². The van der Waals surface area contributed by atoms with Crippen LogP contribution in [0.2, 0.25) is 0 Å². The fourth-order valence-electron chi connectivity index (χ4n) is 2.61. The van der Waals surface area contributed by atoms with Crippen molar-refractivity contribution < 1.29 is 13.5 Å². The Morgan fingerprint density at radius 1 is 1.48 bits per heavy atom. The number of thiophene rings is 1. The first kappa shape index (κ1) is 18.2. The van der Waals surface area contributed by atoms with Crippen LogP contribution in [0, 0.1) is 0 Å². The zero-order chi connectivity index (χ0) is 16.7. The third kappa shape index (κ3) is 5.78. The van der Waals surface area contributed by atoms with Crippen LogP contribution >= 0.6 is 11.3 Å². The number of aliphatic hydroxyl groups excluding tert-OH is 1. The maximum absolute atomic E-state index is 12.1. The maximum atomic E-state index is 12.1. The molecule has 130 valence electrons. The summed E-state index contributed by atoms with van der Waals surface area (Å²) in [5, 5.41) is 18.2. The average Bonchev–Trinajstić information content (AvgIpc) is 3.18. The van der Waals surface area contributed by atoms with Crippen molar-refractivity contribution in [2.75, 3.05) is 18.8 Å². The van der Waals surface area contributed by atoms with Gasteiger partial charge in [0.15, 0.2) is 15.8 Å². The average molecular weight is 360 g/mol. The Morgan fingerprint density at radius 3 is 2.83 bits per heavy atom. The molecule has 1 aliphatic carbocycles. The Labute approximate surface area is 141 Å². The lowest BCUT2D eigenvalue weighted by molar-refractivity contribution is 0.206. The highest BCUT2D eigenvalue weighted by Crippen LogP contribution is 2.18. The van der Waals surface area contributed by atoms with Crippen molar-refractivity contribution >= 4 is 27.1 Å². The normalized spacial score (nSPS) is 18.1. The molecule has 1 heterocycles. The summed E-state index contributed by atoms with van der Waals surface area (Å²) < 4.78 is 24.5. The van der Waals surface area contributed by atoms with E-state index in [1.165, 1.54) is 24.2 Å². The summed E-state index contributed by atoms with van der Waals surface area (Å²) in [6, 6.07) is 3.67. The van der Waals surface area contributed by atoms with Gasteiger partial charge in [0.25, 0.3) is 0 Å². The molecule has 1 saturated carbocycles. The number of sulfone groups is 1. The van der Waals surface area contributed by atoms with Gasteiger partial charge < -0.3 is 15.7 Å². The van der Waals surface area contributed by atoms with Gasteiger partial charge in [-0.1, -0.05) is 18.9 Å². The van der Waals surface area contributed by atoms with E-state index in [2.05, 4.69) is 15.6 Å². The Balaban J connectivity index is 1.90. The van der Waals surface area contributed by atoms with Crippen LogP contribution in [0.3, 0.4) is 0 Å². The lowest BCUT2D eigenvalue weighted by Crippen LogP contribution is -2.43. The van der Waals surface area contributed by atoms with Crippen LogP contribution in [0.5, 0.6) is 0 Å². The highest BCUT2D eigenvalue weighted by Gasteiger charge is 2.21. The molecule has 1 atom stereocenters. The number of nitrogens with zero attached hydrogens (tertiary/aromatic N) is 1. The van der Waals surface area contributed by atoms with E-state index in [9.17, 15) is 13.5 Å². The van der Waals surface area contributed by atoms with Crippen LogP contribution in [0.4, 0.5) is 0 Å². The van der Waals surface area contributed by atoms with E-state index in [1.807, 2.05) is 6.92 Å². The second kappa shape index (κ2) is 8.65. The highest BCUT2D eigenvalue weighted by molar-refractivity contribution is 7.93. The van der Waals surface area contributed by atoms with Crippen molar-refractivity contribution in [1.82, 2.24) is 10.6 Å². The maximum Gasteiger partial charge on any atom is 0.191 e. The van der Waals surface area contributed by atoms with Crippen LogP contribution < -0.4 is 10.6 Å². The van der Waals surface area contributed by atoms with Crippen molar-refractivity contribution in [3.8, 4) is 0 Å². The molecule has 23 heavy (non-hydrogen) atoms. The van der Waals surface area contributed by atoms with E-state index < -0.39 is 15.9 Å². The molecule has 0 saturated heterocycles. The third-order valence-corrected chi connectivity index (χ3v) is 7.00. The van der Waals surface area contributed by atoms with Crippen molar-refractivity contribution in [2.45, 2.75) is 49.0 Å². The summed E-state index contributed by atoms with van der Waals surface area (Å²) >= 11 is 1.17. The van der Waals surface area contributed by atoms with Gasteiger partial charge >= 0.3 is 0 Å². The number of guanidine groups is 1. The summed E-state index contributed by atoms with van der Waals surface area (Å²) in [4.78, 5) is 4.33. The number of aliphatic imine (C=N–C) groups is 1. The largest absolute Gasteiger partial charge is 0.390 e. The SMILES string of the molecule is CCNC(=NCC(O)CS(=O)(=O)c1cccs1)NC1CCCC1. The topological polar surface area (TPSA) is 90.8 Å². The van der Waals surface area contributed by atoms with Gasteiger partial charge in [-0.05, 0) is 31.2 Å². The fourth-order valence-corrected chi connectivity index (χ4v) is 5.08. The standard InChI is InChI=1S/C15H25N3O3S2/c1-2-16-15(18-12-6-3-4-7-12)17-10-13(19)11-23(20,21)14-8-5-9-22-14/h5,8-9,12-13,19H,2-4,6-7,10-11H2,1H3,(H2,16,17,18). The molecule has 6 nitrogen and oxygen atoms in total. The number of hydrogen-bond donors (Lipinski definition) is 3. The zero-order valence-corrected chi connectivity index (χ0v) is 15.0. The van der Waals surface area contributed by atoms with E-state index in [4.69, 9.17) is 0 Å². The lowest BCUT2D eigenvalue weighted by Gasteiger charge is -2.17. The highest BCUT2D eigenvalue weighted by atomic mass is 32.2. The molecule has 1 aromatic rings. The molecule has 3 N–H and O–H groups in total. The number of nitrogens with one attached hydrogen (secondary N) is 2. The van der Waals surface area contributed by atoms with E-state index in [1.54, 1.807) is 17.5 Å². The zero-order valence-electron chi connectivity index (χ0n) is 13.4. The molecule has 2 rings (SSSR count). The molecule has 1 fully saturated rings. The Kier molecular flexibility index (Phi) is 6.86. The molecule has 0 aromatic carbocycles. The molecule has 0 spiro atoms. The van der Waals surface area contributed by atoms with E-state index in [-0.39, 0.29) is 16.5 Å². The van der Waals surface area contributed by atoms with Crippen LogP contribution in [0.25, 0.3) is 0 Å². The molecule has 8 heteroatoms. The fraction of sp³-hybridized carbons (Fsp3) is 0.667. The molecule has 1 unspecified atom stereocenters. The minimum absolute atomic E-state index is 0.0622. The van der Waals surface area contributed by atoms with Crippen LogP contribution in [0.1, 0.15) is 32.6 Å².